The summed E-state index contributed by atoms with van der Waals surface area (Å²) in [6, 6.07) is 11.0. The molecule has 1 unspecified atom stereocenters. The Hall–Kier alpha value is -2.28. The van der Waals surface area contributed by atoms with Gasteiger partial charge < -0.3 is 20.5 Å². The van der Waals surface area contributed by atoms with Crippen LogP contribution in [0.5, 0.6) is 5.75 Å². The number of benzene rings is 2. The molecule has 0 radical (unpaired) electrons. The van der Waals surface area contributed by atoms with Crippen LogP contribution in [-0.4, -0.2) is 35.6 Å². The summed E-state index contributed by atoms with van der Waals surface area (Å²) < 4.78 is 5.73. The zero-order valence-electron chi connectivity index (χ0n) is 15.7. The number of aliphatic carboxylic acids is 1. The van der Waals surface area contributed by atoms with Crippen LogP contribution in [0.3, 0.4) is 0 Å². The first-order valence-electron chi connectivity index (χ1n) is 9.35. The van der Waals surface area contributed by atoms with Crippen LogP contribution in [-0.2, 0) is 22.6 Å². The molecule has 6 nitrogen and oxygen atoms in total. The van der Waals surface area contributed by atoms with E-state index in [0.717, 1.165) is 24.9 Å². The smallest absolute Gasteiger partial charge is 0.326 e. The molecule has 0 bridgehead atoms. The molecule has 0 aliphatic carbocycles. The van der Waals surface area contributed by atoms with Crippen LogP contribution < -0.4 is 15.4 Å². The summed E-state index contributed by atoms with van der Waals surface area (Å²) in [6.45, 7) is 0.997. The molecule has 0 saturated carbocycles. The third-order valence-electron chi connectivity index (χ3n) is 4.80. The zero-order valence-corrected chi connectivity index (χ0v) is 17.2. The summed E-state index contributed by atoms with van der Waals surface area (Å²) >= 11 is 12.3. The molecule has 29 heavy (non-hydrogen) atoms. The summed E-state index contributed by atoms with van der Waals surface area (Å²) in [5.41, 5.74) is 1.48. The maximum absolute atomic E-state index is 12.2. The van der Waals surface area contributed by atoms with Gasteiger partial charge in [-0.15, -0.1) is 0 Å². The minimum absolute atomic E-state index is 0.185. The number of amides is 1. The van der Waals surface area contributed by atoms with Gasteiger partial charge in [-0.2, -0.15) is 0 Å². The molecule has 1 aliphatic heterocycles. The molecule has 3 N–H and O–H groups in total. The van der Waals surface area contributed by atoms with Crippen LogP contribution in [0, 0.1) is 0 Å². The van der Waals surface area contributed by atoms with Gasteiger partial charge in [-0.1, -0.05) is 41.4 Å². The van der Waals surface area contributed by atoms with E-state index < -0.39 is 12.0 Å². The van der Waals surface area contributed by atoms with Crippen molar-refractivity contribution in [2.45, 2.75) is 38.0 Å². The highest BCUT2D eigenvalue weighted by Crippen LogP contribution is 2.26. The van der Waals surface area contributed by atoms with Gasteiger partial charge in [-0.3, -0.25) is 4.79 Å². The minimum Gasteiger partial charge on any atom is -0.489 e. The van der Waals surface area contributed by atoms with Crippen LogP contribution >= 0.6 is 23.2 Å². The summed E-state index contributed by atoms with van der Waals surface area (Å²) in [5.74, 6) is -0.729. The van der Waals surface area contributed by atoms with Gasteiger partial charge in [0.25, 0.3) is 0 Å². The average Bonchev–Trinajstić information content (AvgIpc) is 3.23. The van der Waals surface area contributed by atoms with Crippen LogP contribution in [0.15, 0.2) is 42.5 Å². The normalized spacial score (nSPS) is 17.0. The van der Waals surface area contributed by atoms with E-state index in [1.165, 1.54) is 0 Å². The molecule has 1 saturated heterocycles. The standard InChI is InChI=1S/C21H22Cl2N2O4/c22-16-3-1-4-17(23)15(16)12-29-14-8-6-13(7-9-14)11-19(21(27)28)25-20(26)18-5-2-10-24-18/h1,3-4,6-9,18-19,24H,2,5,10-12H2,(H,25,26)(H,27,28)/t18?,19-/m0/s1. The summed E-state index contributed by atoms with van der Waals surface area (Å²) in [7, 11) is 0. The first-order chi connectivity index (χ1) is 13.9. The lowest BCUT2D eigenvalue weighted by molar-refractivity contribution is -0.142. The van der Waals surface area contributed by atoms with E-state index in [2.05, 4.69) is 10.6 Å². The molecule has 0 spiro atoms. The van der Waals surface area contributed by atoms with Gasteiger partial charge in [-0.05, 0) is 49.2 Å². The van der Waals surface area contributed by atoms with Crippen molar-refractivity contribution < 1.29 is 19.4 Å². The van der Waals surface area contributed by atoms with E-state index in [1.54, 1.807) is 42.5 Å². The highest BCUT2D eigenvalue weighted by Gasteiger charge is 2.27. The number of carbonyl (C=O) groups excluding carboxylic acids is 1. The predicted molar refractivity (Wildman–Crippen MR) is 112 cm³/mol. The van der Waals surface area contributed by atoms with Crippen molar-refractivity contribution in [1.29, 1.82) is 0 Å². The molecule has 1 aliphatic rings. The van der Waals surface area contributed by atoms with Crippen molar-refractivity contribution in [2.75, 3.05) is 6.54 Å². The zero-order chi connectivity index (χ0) is 20.8. The quantitative estimate of drug-likeness (QED) is 0.589. The Kier molecular flexibility index (Phi) is 7.36. The van der Waals surface area contributed by atoms with Crippen molar-refractivity contribution in [3.8, 4) is 5.75 Å². The van der Waals surface area contributed by atoms with Gasteiger partial charge in [-0.25, -0.2) is 4.79 Å². The largest absolute Gasteiger partial charge is 0.489 e. The van der Waals surface area contributed by atoms with Gasteiger partial charge in [0.15, 0.2) is 0 Å². The predicted octanol–water partition coefficient (Wildman–Crippen LogP) is 3.44. The number of rotatable bonds is 8. The van der Waals surface area contributed by atoms with Crippen molar-refractivity contribution >= 4 is 35.1 Å². The highest BCUT2D eigenvalue weighted by molar-refractivity contribution is 6.35. The molecule has 2 aromatic rings. The SMILES string of the molecule is O=C(N[C@@H](Cc1ccc(OCc2c(Cl)cccc2Cl)cc1)C(=O)O)C1CCCN1. The monoisotopic (exact) mass is 436 g/mol. The van der Waals surface area contributed by atoms with Crippen LogP contribution in [0.4, 0.5) is 0 Å². The summed E-state index contributed by atoms with van der Waals surface area (Å²) in [5, 5.41) is 16.2. The maximum Gasteiger partial charge on any atom is 0.326 e. The first-order valence-corrected chi connectivity index (χ1v) is 10.1. The number of carbonyl (C=O) groups is 2. The Morgan fingerprint density at radius 2 is 1.86 bits per heavy atom. The topological polar surface area (TPSA) is 87.7 Å². The number of halogens is 2. The number of hydrogen-bond donors (Lipinski definition) is 3. The van der Waals surface area contributed by atoms with Crippen LogP contribution in [0.25, 0.3) is 0 Å². The highest BCUT2D eigenvalue weighted by atomic mass is 35.5. The molecule has 1 amide bonds. The molecule has 3 rings (SSSR count). The minimum atomic E-state index is -1.06. The number of carboxylic acid groups (broad SMARTS) is 1. The Balaban J connectivity index is 1.58. The Bertz CT molecular complexity index is 847. The van der Waals surface area contributed by atoms with E-state index in [9.17, 15) is 14.7 Å². The van der Waals surface area contributed by atoms with E-state index >= 15 is 0 Å². The summed E-state index contributed by atoms with van der Waals surface area (Å²) in [6.07, 6.45) is 1.82. The van der Waals surface area contributed by atoms with E-state index in [0.29, 0.717) is 21.4 Å². The fraction of sp³-hybridized carbons (Fsp3) is 0.333. The van der Waals surface area contributed by atoms with E-state index in [-0.39, 0.29) is 25.0 Å². The van der Waals surface area contributed by atoms with Gasteiger partial charge in [0.05, 0.1) is 6.04 Å². The van der Waals surface area contributed by atoms with Crippen molar-refractivity contribution in [3.05, 3.63) is 63.6 Å². The van der Waals surface area contributed by atoms with Crippen molar-refractivity contribution in [3.63, 3.8) is 0 Å². The lowest BCUT2D eigenvalue weighted by Crippen LogP contribution is -2.49. The van der Waals surface area contributed by atoms with Crippen molar-refractivity contribution in [2.24, 2.45) is 0 Å². The molecule has 1 fully saturated rings. The van der Waals surface area contributed by atoms with Gasteiger partial charge in [0.2, 0.25) is 5.91 Å². The fourth-order valence-corrected chi connectivity index (χ4v) is 3.67. The second-order valence-corrected chi connectivity index (χ2v) is 7.70. The Morgan fingerprint density at radius 3 is 2.45 bits per heavy atom. The van der Waals surface area contributed by atoms with E-state index in [4.69, 9.17) is 27.9 Å². The molecular formula is C21H22Cl2N2O4. The van der Waals surface area contributed by atoms with Crippen LogP contribution in [0.2, 0.25) is 10.0 Å². The molecule has 2 atom stereocenters. The lowest BCUT2D eigenvalue weighted by Gasteiger charge is -2.18. The molecule has 0 aromatic heterocycles. The number of ether oxygens (including phenoxy) is 1. The molecule has 8 heteroatoms. The van der Waals surface area contributed by atoms with Gasteiger partial charge >= 0.3 is 5.97 Å². The fourth-order valence-electron chi connectivity index (χ4n) is 3.16. The number of carboxylic acids is 1. The molecule has 154 valence electrons. The van der Waals surface area contributed by atoms with Crippen LogP contribution in [0.1, 0.15) is 24.0 Å². The maximum atomic E-state index is 12.2. The third-order valence-corrected chi connectivity index (χ3v) is 5.51. The lowest BCUT2D eigenvalue weighted by atomic mass is 10.1. The van der Waals surface area contributed by atoms with Gasteiger partial charge in [0.1, 0.15) is 18.4 Å². The molecule has 2 aromatic carbocycles. The second-order valence-electron chi connectivity index (χ2n) is 6.89. The first kappa shape index (κ1) is 21.4. The Labute approximate surface area is 179 Å². The third kappa shape index (κ3) is 5.85. The second kappa shape index (κ2) is 9.96. The molecule has 1 heterocycles. The number of hydrogen-bond acceptors (Lipinski definition) is 4. The summed E-state index contributed by atoms with van der Waals surface area (Å²) in [4.78, 5) is 23.8. The van der Waals surface area contributed by atoms with E-state index in [1.807, 2.05) is 0 Å². The van der Waals surface area contributed by atoms with Gasteiger partial charge in [0, 0.05) is 22.0 Å². The average molecular weight is 437 g/mol. The molecular weight excluding hydrogens is 415 g/mol. The Morgan fingerprint density at radius 1 is 1.17 bits per heavy atom. The van der Waals surface area contributed by atoms with Crippen molar-refractivity contribution in [1.82, 2.24) is 10.6 Å². The number of nitrogens with one attached hydrogen (secondary N) is 2.